The molecule has 3 heteroatoms. The Morgan fingerprint density at radius 2 is 1.85 bits per heavy atom. The van der Waals surface area contributed by atoms with Crippen LogP contribution in [0.3, 0.4) is 0 Å². The number of nitrogens with zero attached hydrogens (tertiary/aromatic N) is 1. The maximum atomic E-state index is 13.5. The topological polar surface area (TPSA) is 24.9 Å². The van der Waals surface area contributed by atoms with Gasteiger partial charge in [0.25, 0.3) is 0 Å². The minimum absolute atomic E-state index is 0.162. The lowest BCUT2D eigenvalue weighted by atomic mass is 10.1. The number of rotatable bonds is 4. The van der Waals surface area contributed by atoms with Gasteiger partial charge in [0.15, 0.2) is 0 Å². The second-order valence-corrected chi connectivity index (χ2v) is 4.75. The van der Waals surface area contributed by atoms with Crippen molar-refractivity contribution in [3.63, 3.8) is 0 Å². The molecule has 1 aromatic heterocycles. The summed E-state index contributed by atoms with van der Waals surface area (Å²) < 4.78 is 13.5. The van der Waals surface area contributed by atoms with E-state index in [9.17, 15) is 4.39 Å². The van der Waals surface area contributed by atoms with E-state index in [-0.39, 0.29) is 5.82 Å². The highest BCUT2D eigenvalue weighted by atomic mass is 19.1. The quantitative estimate of drug-likeness (QED) is 0.779. The first-order valence-corrected chi connectivity index (χ1v) is 6.60. The highest BCUT2D eigenvalue weighted by Gasteiger charge is 2.00. The van der Waals surface area contributed by atoms with Crippen LogP contribution in [-0.4, -0.2) is 4.98 Å². The lowest BCUT2D eigenvalue weighted by Crippen LogP contribution is -2.13. The number of fused-ring (bicyclic) bond motifs is 1. The summed E-state index contributed by atoms with van der Waals surface area (Å²) in [6.45, 7) is 1.24. The number of nitrogens with one attached hydrogen (secondary N) is 1. The minimum atomic E-state index is -0.162. The van der Waals surface area contributed by atoms with Crippen molar-refractivity contribution in [2.24, 2.45) is 0 Å². The minimum Gasteiger partial charge on any atom is -0.309 e. The zero-order valence-electron chi connectivity index (χ0n) is 11.0. The Kier molecular flexibility index (Phi) is 3.70. The highest BCUT2D eigenvalue weighted by Crippen LogP contribution is 2.14. The lowest BCUT2D eigenvalue weighted by molar-refractivity contribution is 0.588. The van der Waals surface area contributed by atoms with Crippen LogP contribution in [0.4, 0.5) is 4.39 Å². The summed E-state index contributed by atoms with van der Waals surface area (Å²) in [5.74, 6) is -0.162. The molecule has 0 amide bonds. The third kappa shape index (κ3) is 2.83. The van der Waals surface area contributed by atoms with Gasteiger partial charge in [-0.2, -0.15) is 0 Å². The maximum Gasteiger partial charge on any atom is 0.127 e. The third-order valence-corrected chi connectivity index (χ3v) is 3.31. The van der Waals surface area contributed by atoms with E-state index in [0.717, 1.165) is 5.39 Å². The molecule has 20 heavy (non-hydrogen) atoms. The Morgan fingerprint density at radius 1 is 0.950 bits per heavy atom. The van der Waals surface area contributed by atoms with Gasteiger partial charge in [0.05, 0.1) is 0 Å². The fourth-order valence-corrected chi connectivity index (χ4v) is 2.23. The van der Waals surface area contributed by atoms with E-state index in [1.54, 1.807) is 18.3 Å². The van der Waals surface area contributed by atoms with Crippen molar-refractivity contribution in [2.75, 3.05) is 0 Å². The van der Waals surface area contributed by atoms with E-state index in [1.165, 1.54) is 17.0 Å². The van der Waals surface area contributed by atoms with Gasteiger partial charge < -0.3 is 5.32 Å². The van der Waals surface area contributed by atoms with E-state index < -0.39 is 0 Å². The Bertz CT molecular complexity index is 725. The van der Waals surface area contributed by atoms with Crippen molar-refractivity contribution in [1.29, 1.82) is 0 Å². The molecule has 0 bridgehead atoms. The molecular formula is C17H15FN2. The first-order chi connectivity index (χ1) is 9.83. The van der Waals surface area contributed by atoms with Crippen molar-refractivity contribution in [2.45, 2.75) is 13.1 Å². The summed E-state index contributed by atoms with van der Waals surface area (Å²) in [6.07, 6.45) is 3.64. The van der Waals surface area contributed by atoms with Gasteiger partial charge in [0.2, 0.25) is 0 Å². The van der Waals surface area contributed by atoms with Gasteiger partial charge in [0.1, 0.15) is 5.82 Å². The van der Waals surface area contributed by atoms with Gasteiger partial charge in [0, 0.05) is 36.4 Å². The van der Waals surface area contributed by atoms with Crippen LogP contribution in [0.1, 0.15) is 11.1 Å². The summed E-state index contributed by atoms with van der Waals surface area (Å²) in [5.41, 5.74) is 1.87. The molecule has 100 valence electrons. The Balaban J connectivity index is 1.67. The first kappa shape index (κ1) is 12.8. The predicted molar refractivity (Wildman–Crippen MR) is 78.7 cm³/mol. The van der Waals surface area contributed by atoms with Crippen LogP contribution in [0.2, 0.25) is 0 Å². The normalized spacial score (nSPS) is 10.8. The summed E-state index contributed by atoms with van der Waals surface area (Å²) in [5, 5.41) is 5.57. The number of hydrogen-bond donors (Lipinski definition) is 1. The molecule has 0 fully saturated rings. The van der Waals surface area contributed by atoms with Crippen LogP contribution >= 0.6 is 0 Å². The first-order valence-electron chi connectivity index (χ1n) is 6.60. The van der Waals surface area contributed by atoms with Crippen molar-refractivity contribution in [3.8, 4) is 0 Å². The second-order valence-electron chi connectivity index (χ2n) is 4.75. The average molecular weight is 266 g/mol. The van der Waals surface area contributed by atoms with Crippen molar-refractivity contribution in [3.05, 3.63) is 77.9 Å². The molecule has 0 aliphatic carbocycles. The maximum absolute atomic E-state index is 13.5. The predicted octanol–water partition coefficient (Wildman–Crippen LogP) is 3.66. The number of aromatic nitrogens is 1. The smallest absolute Gasteiger partial charge is 0.127 e. The molecule has 0 saturated heterocycles. The molecule has 0 spiro atoms. The molecule has 0 radical (unpaired) electrons. The van der Waals surface area contributed by atoms with Crippen LogP contribution < -0.4 is 5.32 Å². The van der Waals surface area contributed by atoms with Crippen LogP contribution in [-0.2, 0) is 13.1 Å². The SMILES string of the molecule is Fc1ccccc1CNCc1ccc2cnccc2c1. The Morgan fingerprint density at radius 3 is 2.75 bits per heavy atom. The molecule has 1 heterocycles. The number of pyridine rings is 1. The lowest BCUT2D eigenvalue weighted by Gasteiger charge is -2.07. The number of halogens is 1. The molecule has 0 atom stereocenters. The van der Waals surface area contributed by atoms with Gasteiger partial charge in [-0.05, 0) is 29.1 Å². The molecule has 0 saturated carbocycles. The van der Waals surface area contributed by atoms with Crippen LogP contribution in [0.25, 0.3) is 10.8 Å². The highest BCUT2D eigenvalue weighted by molar-refractivity contribution is 5.81. The molecule has 3 rings (SSSR count). The van der Waals surface area contributed by atoms with Crippen LogP contribution in [0.5, 0.6) is 0 Å². The van der Waals surface area contributed by atoms with Gasteiger partial charge >= 0.3 is 0 Å². The van der Waals surface area contributed by atoms with Gasteiger partial charge in [-0.1, -0.05) is 30.3 Å². The fourth-order valence-electron chi connectivity index (χ4n) is 2.23. The average Bonchev–Trinajstić information content (AvgIpc) is 2.49. The van der Waals surface area contributed by atoms with Crippen LogP contribution in [0, 0.1) is 5.82 Å². The molecule has 0 unspecified atom stereocenters. The summed E-state index contributed by atoms with van der Waals surface area (Å²) in [4.78, 5) is 4.10. The Hall–Kier alpha value is -2.26. The standard InChI is InChI=1S/C17H15FN2/c18-17-4-2-1-3-16(17)12-20-10-13-5-6-15-11-19-8-7-14(15)9-13/h1-9,11,20H,10,12H2. The van der Waals surface area contributed by atoms with Crippen molar-refractivity contribution >= 4 is 10.8 Å². The fraction of sp³-hybridized carbons (Fsp3) is 0.118. The van der Waals surface area contributed by atoms with E-state index in [1.807, 2.05) is 18.3 Å². The van der Waals surface area contributed by atoms with E-state index >= 15 is 0 Å². The monoisotopic (exact) mass is 266 g/mol. The summed E-state index contributed by atoms with van der Waals surface area (Å²) in [7, 11) is 0. The van der Waals surface area contributed by atoms with Gasteiger partial charge in [-0.15, -0.1) is 0 Å². The third-order valence-electron chi connectivity index (χ3n) is 3.31. The van der Waals surface area contributed by atoms with Gasteiger partial charge in [-0.25, -0.2) is 4.39 Å². The summed E-state index contributed by atoms with van der Waals surface area (Å²) >= 11 is 0. The molecule has 2 aromatic carbocycles. The zero-order chi connectivity index (χ0) is 13.8. The van der Waals surface area contributed by atoms with Crippen molar-refractivity contribution < 1.29 is 4.39 Å². The second kappa shape index (κ2) is 5.80. The molecule has 0 aliphatic heterocycles. The molecule has 0 aliphatic rings. The molecule has 2 nitrogen and oxygen atoms in total. The number of benzene rings is 2. The number of hydrogen-bond acceptors (Lipinski definition) is 2. The van der Waals surface area contributed by atoms with E-state index in [2.05, 4.69) is 28.5 Å². The zero-order valence-corrected chi connectivity index (χ0v) is 11.0. The van der Waals surface area contributed by atoms with Gasteiger partial charge in [-0.3, -0.25) is 4.98 Å². The summed E-state index contributed by atoms with van der Waals surface area (Å²) in [6, 6.07) is 15.1. The molecule has 1 N–H and O–H groups in total. The Labute approximate surface area is 117 Å². The van der Waals surface area contributed by atoms with E-state index in [0.29, 0.717) is 18.7 Å². The largest absolute Gasteiger partial charge is 0.309 e. The van der Waals surface area contributed by atoms with Crippen molar-refractivity contribution in [1.82, 2.24) is 10.3 Å². The molecule has 3 aromatic rings. The van der Waals surface area contributed by atoms with E-state index in [4.69, 9.17) is 0 Å². The van der Waals surface area contributed by atoms with Crippen LogP contribution in [0.15, 0.2) is 60.9 Å². The molecular weight excluding hydrogens is 251 g/mol.